The number of nitrogens with one attached hydrogen (secondary N) is 1. The molecular formula is C17H35NO3. The molecule has 4 nitrogen and oxygen atoms in total. The molecule has 0 saturated heterocycles. The molecule has 1 saturated carbocycles. The Balaban J connectivity index is 2.30. The fourth-order valence-corrected chi connectivity index (χ4v) is 3.19. The Morgan fingerprint density at radius 2 is 1.76 bits per heavy atom. The number of ether oxygens (including phenoxy) is 3. The first-order valence-corrected chi connectivity index (χ1v) is 8.67. The molecule has 0 aliphatic heterocycles. The summed E-state index contributed by atoms with van der Waals surface area (Å²) in [5.74, 6) is 0.909. The van der Waals surface area contributed by atoms with Crippen LogP contribution >= 0.6 is 0 Å². The van der Waals surface area contributed by atoms with E-state index in [1.54, 1.807) is 7.11 Å². The summed E-state index contributed by atoms with van der Waals surface area (Å²) in [6.45, 7) is 9.08. The maximum atomic E-state index is 6.25. The number of rotatable bonds is 12. The highest BCUT2D eigenvalue weighted by atomic mass is 16.5. The van der Waals surface area contributed by atoms with E-state index in [2.05, 4.69) is 19.2 Å². The van der Waals surface area contributed by atoms with Crippen LogP contribution in [0.5, 0.6) is 0 Å². The van der Waals surface area contributed by atoms with Crippen molar-refractivity contribution in [2.75, 3.05) is 46.6 Å². The van der Waals surface area contributed by atoms with E-state index in [1.807, 2.05) is 0 Å². The monoisotopic (exact) mass is 301 g/mol. The number of hydrogen-bond donors (Lipinski definition) is 1. The maximum absolute atomic E-state index is 6.25. The minimum Gasteiger partial charge on any atom is -0.382 e. The van der Waals surface area contributed by atoms with Crippen molar-refractivity contribution in [2.24, 2.45) is 5.92 Å². The molecule has 1 aliphatic carbocycles. The second-order valence-electron chi connectivity index (χ2n) is 6.15. The van der Waals surface area contributed by atoms with Gasteiger partial charge in [-0.3, -0.25) is 0 Å². The van der Waals surface area contributed by atoms with Gasteiger partial charge in [-0.1, -0.05) is 26.7 Å². The predicted octanol–water partition coefficient (Wildman–Crippen LogP) is 3.00. The van der Waals surface area contributed by atoms with Crippen molar-refractivity contribution >= 4 is 0 Å². The van der Waals surface area contributed by atoms with E-state index in [4.69, 9.17) is 14.2 Å². The van der Waals surface area contributed by atoms with E-state index in [0.29, 0.717) is 26.4 Å². The lowest BCUT2D eigenvalue weighted by molar-refractivity contribution is -0.0946. The topological polar surface area (TPSA) is 39.7 Å². The zero-order chi connectivity index (χ0) is 15.4. The summed E-state index contributed by atoms with van der Waals surface area (Å²) in [7, 11) is 1.69. The molecule has 0 heterocycles. The largest absolute Gasteiger partial charge is 0.382 e. The van der Waals surface area contributed by atoms with Gasteiger partial charge >= 0.3 is 0 Å². The molecule has 0 aromatic heterocycles. The van der Waals surface area contributed by atoms with E-state index < -0.39 is 0 Å². The zero-order valence-corrected chi connectivity index (χ0v) is 14.3. The molecular weight excluding hydrogens is 266 g/mol. The first kappa shape index (κ1) is 18.9. The van der Waals surface area contributed by atoms with Gasteiger partial charge in [-0.25, -0.2) is 0 Å². The third kappa shape index (κ3) is 7.59. The lowest BCUT2D eigenvalue weighted by Gasteiger charge is -2.40. The molecule has 0 spiro atoms. The third-order valence-corrected chi connectivity index (χ3v) is 4.48. The smallest absolute Gasteiger partial charge is 0.0807 e. The van der Waals surface area contributed by atoms with Gasteiger partial charge in [-0.05, 0) is 38.1 Å². The van der Waals surface area contributed by atoms with Crippen LogP contribution in [0.15, 0.2) is 0 Å². The van der Waals surface area contributed by atoms with Crippen LogP contribution in [0.25, 0.3) is 0 Å². The normalized spacial score (nSPS) is 26.1. The fraction of sp³-hybridized carbons (Fsp3) is 1.00. The number of likely N-dealkylation sites (N-methyl/N-ethyl adjacent to an activating group) is 1. The van der Waals surface area contributed by atoms with Gasteiger partial charge in [0.2, 0.25) is 0 Å². The highest BCUT2D eigenvalue weighted by molar-refractivity contribution is 4.89. The van der Waals surface area contributed by atoms with Crippen molar-refractivity contribution in [2.45, 2.75) is 58.0 Å². The van der Waals surface area contributed by atoms with Crippen LogP contribution in [-0.2, 0) is 14.2 Å². The predicted molar refractivity (Wildman–Crippen MR) is 86.8 cm³/mol. The number of hydrogen-bond acceptors (Lipinski definition) is 4. The third-order valence-electron chi connectivity index (χ3n) is 4.48. The van der Waals surface area contributed by atoms with Gasteiger partial charge in [-0.15, -0.1) is 0 Å². The quantitative estimate of drug-likeness (QED) is 0.563. The van der Waals surface area contributed by atoms with E-state index in [9.17, 15) is 0 Å². The van der Waals surface area contributed by atoms with Crippen molar-refractivity contribution in [3.8, 4) is 0 Å². The second kappa shape index (κ2) is 11.4. The molecule has 126 valence electrons. The second-order valence-corrected chi connectivity index (χ2v) is 6.15. The lowest BCUT2D eigenvalue weighted by Crippen LogP contribution is -2.46. The van der Waals surface area contributed by atoms with E-state index in [-0.39, 0.29) is 5.60 Å². The summed E-state index contributed by atoms with van der Waals surface area (Å²) in [6.07, 6.45) is 7.66. The lowest BCUT2D eigenvalue weighted by atomic mass is 9.77. The Kier molecular flexibility index (Phi) is 10.3. The molecule has 0 aromatic carbocycles. The van der Waals surface area contributed by atoms with Crippen LogP contribution < -0.4 is 5.32 Å². The van der Waals surface area contributed by atoms with Crippen molar-refractivity contribution in [3.05, 3.63) is 0 Å². The Bertz CT molecular complexity index is 240. The molecule has 21 heavy (non-hydrogen) atoms. The van der Waals surface area contributed by atoms with Crippen LogP contribution in [0.1, 0.15) is 52.4 Å². The highest BCUT2D eigenvalue weighted by Crippen LogP contribution is 2.36. The summed E-state index contributed by atoms with van der Waals surface area (Å²) >= 11 is 0. The van der Waals surface area contributed by atoms with Gasteiger partial charge in [0.1, 0.15) is 0 Å². The SMILES string of the molecule is CCCC1CCC(CNCC)(OCCOCCOC)CC1. The average molecular weight is 301 g/mol. The minimum absolute atomic E-state index is 0.0326. The first-order chi connectivity index (χ1) is 10.3. The summed E-state index contributed by atoms with van der Waals surface area (Å²) in [5.41, 5.74) is 0.0326. The summed E-state index contributed by atoms with van der Waals surface area (Å²) in [6, 6.07) is 0. The fourth-order valence-electron chi connectivity index (χ4n) is 3.19. The van der Waals surface area contributed by atoms with Crippen molar-refractivity contribution < 1.29 is 14.2 Å². The first-order valence-electron chi connectivity index (χ1n) is 8.67. The average Bonchev–Trinajstić information content (AvgIpc) is 2.51. The molecule has 4 heteroatoms. The minimum atomic E-state index is 0.0326. The Morgan fingerprint density at radius 3 is 2.38 bits per heavy atom. The molecule has 1 rings (SSSR count). The van der Waals surface area contributed by atoms with Crippen LogP contribution in [0.4, 0.5) is 0 Å². The standard InChI is InChI=1S/C17H35NO3/c1-4-6-16-7-9-17(10-8-16,15-18-5-2)21-14-13-20-12-11-19-3/h16,18H,4-15H2,1-3H3. The summed E-state index contributed by atoms with van der Waals surface area (Å²) in [4.78, 5) is 0. The molecule has 0 amide bonds. The summed E-state index contributed by atoms with van der Waals surface area (Å²) in [5, 5.41) is 3.48. The van der Waals surface area contributed by atoms with Gasteiger partial charge in [0.15, 0.2) is 0 Å². The van der Waals surface area contributed by atoms with Crippen molar-refractivity contribution in [3.63, 3.8) is 0 Å². The Labute approximate surface area is 130 Å². The highest BCUT2D eigenvalue weighted by Gasteiger charge is 2.35. The molecule has 0 unspecified atom stereocenters. The molecule has 0 aromatic rings. The van der Waals surface area contributed by atoms with Gasteiger partial charge in [0, 0.05) is 13.7 Å². The molecule has 1 N–H and O–H groups in total. The van der Waals surface area contributed by atoms with Crippen LogP contribution in [-0.4, -0.2) is 52.2 Å². The van der Waals surface area contributed by atoms with Crippen molar-refractivity contribution in [1.29, 1.82) is 0 Å². The van der Waals surface area contributed by atoms with Gasteiger partial charge in [-0.2, -0.15) is 0 Å². The molecule has 0 atom stereocenters. The van der Waals surface area contributed by atoms with E-state index in [1.165, 1.54) is 38.5 Å². The van der Waals surface area contributed by atoms with Crippen LogP contribution in [0.3, 0.4) is 0 Å². The summed E-state index contributed by atoms with van der Waals surface area (Å²) < 4.78 is 16.7. The Hall–Kier alpha value is -0.160. The van der Waals surface area contributed by atoms with Crippen LogP contribution in [0.2, 0.25) is 0 Å². The zero-order valence-electron chi connectivity index (χ0n) is 14.3. The molecule has 0 radical (unpaired) electrons. The van der Waals surface area contributed by atoms with E-state index in [0.717, 1.165) is 19.0 Å². The molecule has 1 aliphatic rings. The molecule has 0 bridgehead atoms. The van der Waals surface area contributed by atoms with Gasteiger partial charge in [0.25, 0.3) is 0 Å². The van der Waals surface area contributed by atoms with Gasteiger partial charge in [0.05, 0.1) is 32.0 Å². The number of methoxy groups -OCH3 is 1. The maximum Gasteiger partial charge on any atom is 0.0807 e. The Morgan fingerprint density at radius 1 is 1.05 bits per heavy atom. The molecule has 1 fully saturated rings. The van der Waals surface area contributed by atoms with Crippen molar-refractivity contribution in [1.82, 2.24) is 5.32 Å². The van der Waals surface area contributed by atoms with Crippen LogP contribution in [0, 0.1) is 5.92 Å². The van der Waals surface area contributed by atoms with Gasteiger partial charge < -0.3 is 19.5 Å². The van der Waals surface area contributed by atoms with E-state index >= 15 is 0 Å².